The Morgan fingerprint density at radius 2 is 1.43 bits per heavy atom. The molecule has 1 fully saturated rings. The van der Waals surface area contributed by atoms with Crippen molar-refractivity contribution in [2.75, 3.05) is 4.90 Å². The minimum absolute atomic E-state index is 0.0473. The first-order valence-electron chi connectivity index (χ1n) is 13.3. The molecule has 0 unspecified atom stereocenters. The summed E-state index contributed by atoms with van der Waals surface area (Å²) in [5, 5.41) is 13.2. The Kier molecular flexibility index (Phi) is 7.82. The van der Waals surface area contributed by atoms with Crippen molar-refractivity contribution in [2.24, 2.45) is 0 Å². The average Bonchev–Trinajstić information content (AvgIpc) is 3.24. The molecule has 0 radical (unpaired) electrons. The number of nitrogens with one attached hydrogen (secondary N) is 1. The van der Waals surface area contributed by atoms with Gasteiger partial charge in [0.05, 0.1) is 10.6 Å². The Labute approximate surface area is 247 Å². The van der Waals surface area contributed by atoms with Crippen LogP contribution in [-0.2, 0) is 9.59 Å². The van der Waals surface area contributed by atoms with Gasteiger partial charge in [-0.3, -0.25) is 25.0 Å². The monoisotopic (exact) mass is 580 g/mol. The number of anilines is 1. The third kappa shape index (κ3) is 5.61. The van der Waals surface area contributed by atoms with E-state index in [9.17, 15) is 24.5 Å². The van der Waals surface area contributed by atoms with Crippen molar-refractivity contribution in [3.05, 3.63) is 117 Å². The normalized spacial score (nSPS) is 14.5. The number of barbiturate groups is 1. The first kappa shape index (κ1) is 28.6. The molecule has 9 nitrogen and oxygen atoms in total. The molecular formula is C32H28N4O5S. The molecule has 1 aliphatic heterocycles. The van der Waals surface area contributed by atoms with Gasteiger partial charge in [0.25, 0.3) is 17.5 Å². The van der Waals surface area contributed by atoms with Crippen LogP contribution in [0.15, 0.2) is 94.2 Å². The number of carbonyl (C=O) groups is 3. The maximum absolute atomic E-state index is 13.4. The zero-order chi connectivity index (χ0) is 30.1. The lowest BCUT2D eigenvalue weighted by molar-refractivity contribution is -0.384. The second-order valence-corrected chi connectivity index (χ2v) is 11.4. The molecule has 0 atom stereocenters. The molecule has 4 amide bonds. The summed E-state index contributed by atoms with van der Waals surface area (Å²) in [7, 11) is 0. The molecule has 1 N–H and O–H groups in total. The van der Waals surface area contributed by atoms with Gasteiger partial charge < -0.3 is 4.57 Å². The van der Waals surface area contributed by atoms with Crippen molar-refractivity contribution in [1.29, 1.82) is 0 Å². The van der Waals surface area contributed by atoms with Crippen molar-refractivity contribution in [2.45, 2.75) is 43.4 Å². The molecule has 0 spiro atoms. The van der Waals surface area contributed by atoms with E-state index < -0.39 is 22.8 Å². The van der Waals surface area contributed by atoms with Gasteiger partial charge in [-0.25, -0.2) is 9.69 Å². The smallest absolute Gasteiger partial charge is 0.318 e. The third-order valence-electron chi connectivity index (χ3n) is 7.07. The number of hydrogen-bond donors (Lipinski definition) is 1. The quantitative estimate of drug-likeness (QED) is 0.110. The first-order valence-corrected chi connectivity index (χ1v) is 14.1. The summed E-state index contributed by atoms with van der Waals surface area (Å²) in [6.07, 6.45) is 1.53. The van der Waals surface area contributed by atoms with E-state index in [0.29, 0.717) is 17.2 Å². The predicted octanol–water partition coefficient (Wildman–Crippen LogP) is 6.94. The van der Waals surface area contributed by atoms with E-state index in [1.165, 1.54) is 30.0 Å². The lowest BCUT2D eigenvalue weighted by Crippen LogP contribution is -2.54. The van der Waals surface area contributed by atoms with Gasteiger partial charge in [0.2, 0.25) is 0 Å². The standard InChI is InChI=1S/C32H28N4O5S/c1-19(2)22-5-7-25(8-6-22)35-31(38)29(30(37)33-32(35)39)18-23-17-20(3)34(21(23)4)24-9-13-27(14-10-24)42-28-15-11-26(12-16-28)36(40)41/h5-19H,1-4H3,(H,33,37,39)/b29-18-. The number of benzene rings is 3. The molecule has 212 valence electrons. The largest absolute Gasteiger partial charge is 0.335 e. The van der Waals surface area contributed by atoms with Crippen LogP contribution in [0.3, 0.4) is 0 Å². The maximum Gasteiger partial charge on any atom is 0.335 e. The fourth-order valence-electron chi connectivity index (χ4n) is 4.82. The number of amides is 4. The lowest BCUT2D eigenvalue weighted by atomic mass is 10.0. The SMILES string of the molecule is Cc1cc(/C=C2/C(=O)NC(=O)N(c3ccc(C(C)C)cc3)C2=O)c(C)n1-c1ccc(Sc2ccc([N+](=O)[O-])cc2)cc1. The van der Waals surface area contributed by atoms with Crippen molar-refractivity contribution in [1.82, 2.24) is 9.88 Å². The molecule has 3 aromatic carbocycles. The lowest BCUT2D eigenvalue weighted by Gasteiger charge is -2.26. The highest BCUT2D eigenvalue weighted by atomic mass is 32.2. The van der Waals surface area contributed by atoms with E-state index in [1.807, 2.05) is 60.9 Å². The van der Waals surface area contributed by atoms with Crippen LogP contribution in [0.2, 0.25) is 0 Å². The van der Waals surface area contributed by atoms with Gasteiger partial charge >= 0.3 is 6.03 Å². The fraction of sp³-hybridized carbons (Fsp3) is 0.156. The topological polar surface area (TPSA) is 115 Å². The number of nitro groups is 1. The Morgan fingerprint density at radius 3 is 2.00 bits per heavy atom. The van der Waals surface area contributed by atoms with Crippen molar-refractivity contribution >= 4 is 47.1 Å². The van der Waals surface area contributed by atoms with Crippen LogP contribution in [-0.4, -0.2) is 27.3 Å². The molecule has 4 aromatic rings. The minimum Gasteiger partial charge on any atom is -0.318 e. The zero-order valence-electron chi connectivity index (χ0n) is 23.5. The fourth-order valence-corrected chi connectivity index (χ4v) is 5.64. The number of nitrogens with zero attached hydrogens (tertiary/aromatic N) is 3. The second-order valence-electron chi connectivity index (χ2n) is 10.2. The number of carbonyl (C=O) groups excluding carboxylic acids is 3. The van der Waals surface area contributed by atoms with Gasteiger partial charge in [-0.15, -0.1) is 0 Å². The highest BCUT2D eigenvalue weighted by Crippen LogP contribution is 2.31. The van der Waals surface area contributed by atoms with Crippen LogP contribution >= 0.6 is 11.8 Å². The predicted molar refractivity (Wildman–Crippen MR) is 162 cm³/mol. The van der Waals surface area contributed by atoms with Gasteiger partial charge in [-0.2, -0.15) is 0 Å². The van der Waals surface area contributed by atoms with E-state index in [1.54, 1.807) is 24.3 Å². The molecule has 1 aromatic heterocycles. The van der Waals surface area contributed by atoms with Crippen LogP contribution in [0.5, 0.6) is 0 Å². The molecule has 0 saturated carbocycles. The zero-order valence-corrected chi connectivity index (χ0v) is 24.3. The number of nitro benzene ring substituents is 1. The van der Waals surface area contributed by atoms with Gasteiger partial charge in [0, 0.05) is 39.0 Å². The summed E-state index contributed by atoms with van der Waals surface area (Å²) in [5.74, 6) is -1.13. The van der Waals surface area contributed by atoms with Gasteiger partial charge in [-0.05, 0) is 91.6 Å². The molecule has 5 rings (SSSR count). The number of rotatable bonds is 7. The van der Waals surface area contributed by atoms with Crippen molar-refractivity contribution in [3.63, 3.8) is 0 Å². The Balaban J connectivity index is 1.40. The summed E-state index contributed by atoms with van der Waals surface area (Å²) < 4.78 is 2.02. The van der Waals surface area contributed by atoms with Gasteiger partial charge in [0.1, 0.15) is 5.57 Å². The van der Waals surface area contributed by atoms with E-state index >= 15 is 0 Å². The Hall–Kier alpha value is -4.96. The van der Waals surface area contributed by atoms with Gasteiger partial charge in [-0.1, -0.05) is 37.7 Å². The number of imide groups is 2. The summed E-state index contributed by atoms with van der Waals surface area (Å²) in [6, 6.07) is 22.5. The third-order valence-corrected chi connectivity index (χ3v) is 8.08. The summed E-state index contributed by atoms with van der Waals surface area (Å²) in [4.78, 5) is 52.1. The number of aromatic nitrogens is 1. The molecule has 0 bridgehead atoms. The number of aryl methyl sites for hydroxylation is 1. The Bertz CT molecular complexity index is 1740. The highest BCUT2D eigenvalue weighted by Gasteiger charge is 2.37. The number of hydrogen-bond acceptors (Lipinski definition) is 6. The summed E-state index contributed by atoms with van der Waals surface area (Å²) in [5.41, 5.74) is 4.67. The number of non-ortho nitro benzene ring substituents is 1. The highest BCUT2D eigenvalue weighted by molar-refractivity contribution is 7.99. The number of urea groups is 1. The molecule has 2 heterocycles. The molecule has 1 saturated heterocycles. The van der Waals surface area contributed by atoms with Crippen molar-refractivity contribution < 1.29 is 19.3 Å². The maximum atomic E-state index is 13.4. The summed E-state index contributed by atoms with van der Waals surface area (Å²) >= 11 is 1.49. The molecule has 0 aliphatic carbocycles. The first-order chi connectivity index (χ1) is 20.0. The van der Waals surface area contributed by atoms with Crippen LogP contribution in [0, 0.1) is 24.0 Å². The van der Waals surface area contributed by atoms with Crippen LogP contribution in [0.25, 0.3) is 11.8 Å². The van der Waals surface area contributed by atoms with Crippen molar-refractivity contribution in [3.8, 4) is 5.69 Å². The van der Waals surface area contributed by atoms with Crippen LogP contribution < -0.4 is 10.2 Å². The van der Waals surface area contributed by atoms with E-state index in [0.717, 1.165) is 37.3 Å². The molecular weight excluding hydrogens is 552 g/mol. The van der Waals surface area contributed by atoms with Crippen LogP contribution in [0.1, 0.15) is 42.3 Å². The van der Waals surface area contributed by atoms with E-state index in [2.05, 4.69) is 19.2 Å². The summed E-state index contributed by atoms with van der Waals surface area (Å²) in [6.45, 7) is 7.94. The molecule has 10 heteroatoms. The van der Waals surface area contributed by atoms with Crippen LogP contribution in [0.4, 0.5) is 16.2 Å². The average molecular weight is 581 g/mol. The van der Waals surface area contributed by atoms with E-state index in [-0.39, 0.29) is 11.3 Å². The Morgan fingerprint density at radius 1 is 0.857 bits per heavy atom. The van der Waals surface area contributed by atoms with Gasteiger partial charge in [0.15, 0.2) is 0 Å². The minimum atomic E-state index is -0.781. The van der Waals surface area contributed by atoms with E-state index in [4.69, 9.17) is 0 Å². The molecule has 42 heavy (non-hydrogen) atoms. The molecule has 1 aliphatic rings. The second kappa shape index (κ2) is 11.5.